The number of carbonyl (C=O) groups excluding carboxylic acids is 1. The molecule has 0 amide bonds. The summed E-state index contributed by atoms with van der Waals surface area (Å²) in [6.07, 6.45) is 0.765. The number of nitrogens with one attached hydrogen (secondary N) is 2. The molecular weight excluding hydrogens is 356 g/mol. The van der Waals surface area contributed by atoms with Crippen molar-refractivity contribution in [3.05, 3.63) is 30.3 Å². The zero-order valence-electron chi connectivity index (χ0n) is 15.5. The molecule has 2 rings (SSSR count). The van der Waals surface area contributed by atoms with Gasteiger partial charge in [0.05, 0.1) is 17.5 Å². The molecule has 146 valence electrons. The number of benzene rings is 1. The maximum absolute atomic E-state index is 12.6. The average Bonchev–Trinajstić information content (AvgIpc) is 2.99. The van der Waals surface area contributed by atoms with Crippen molar-refractivity contribution in [3.63, 3.8) is 0 Å². The van der Waals surface area contributed by atoms with Crippen molar-refractivity contribution < 1.29 is 22.7 Å². The third-order valence-corrected chi connectivity index (χ3v) is 5.62. The summed E-state index contributed by atoms with van der Waals surface area (Å²) in [5.41, 5.74) is 0. The van der Waals surface area contributed by atoms with Gasteiger partial charge in [-0.15, -0.1) is 0 Å². The van der Waals surface area contributed by atoms with Crippen molar-refractivity contribution >= 4 is 16.0 Å². The fraction of sp³-hybridized carbons (Fsp3) is 0.611. The monoisotopic (exact) mass is 384 g/mol. The molecule has 26 heavy (non-hydrogen) atoms. The first-order chi connectivity index (χ1) is 12.3. The van der Waals surface area contributed by atoms with E-state index in [0.717, 1.165) is 0 Å². The van der Waals surface area contributed by atoms with Crippen molar-refractivity contribution in [2.45, 2.75) is 56.9 Å². The first-order valence-corrected chi connectivity index (χ1v) is 10.4. The number of hydrogen-bond acceptors (Lipinski definition) is 6. The van der Waals surface area contributed by atoms with Crippen LogP contribution < -0.4 is 10.0 Å². The van der Waals surface area contributed by atoms with E-state index in [2.05, 4.69) is 10.0 Å². The zero-order chi connectivity index (χ0) is 19.2. The largest absolute Gasteiger partial charge is 0.434 e. The van der Waals surface area contributed by atoms with Crippen LogP contribution in [-0.4, -0.2) is 45.9 Å². The summed E-state index contributed by atoms with van der Waals surface area (Å²) in [7, 11) is -3.59. The minimum atomic E-state index is -3.59. The van der Waals surface area contributed by atoms with Crippen LogP contribution in [0.3, 0.4) is 0 Å². The van der Waals surface area contributed by atoms with Gasteiger partial charge in [-0.1, -0.05) is 32.0 Å². The summed E-state index contributed by atoms with van der Waals surface area (Å²) in [6.45, 7) is 6.36. The summed E-state index contributed by atoms with van der Waals surface area (Å²) in [6, 6.07) is 7.90. The number of esters is 1. The molecule has 3 atom stereocenters. The van der Waals surface area contributed by atoms with Crippen LogP contribution in [0.5, 0.6) is 0 Å². The molecule has 1 fully saturated rings. The SMILES string of the molecule is CC(=O)O[C@@H]1OCC[C@@H]1NC[C@@H](CC(C)C)NS(=O)(=O)c1ccccc1. The average molecular weight is 384 g/mol. The minimum Gasteiger partial charge on any atom is -0.434 e. The Morgan fingerprint density at radius 3 is 2.62 bits per heavy atom. The van der Waals surface area contributed by atoms with Crippen LogP contribution in [0.1, 0.15) is 33.6 Å². The Hall–Kier alpha value is -1.48. The van der Waals surface area contributed by atoms with Crippen LogP contribution in [0.2, 0.25) is 0 Å². The topological polar surface area (TPSA) is 93.7 Å². The molecule has 8 heteroatoms. The highest BCUT2D eigenvalue weighted by atomic mass is 32.2. The molecule has 0 bridgehead atoms. The first kappa shape index (κ1) is 20.8. The molecule has 1 heterocycles. The van der Waals surface area contributed by atoms with Crippen molar-refractivity contribution in [2.24, 2.45) is 5.92 Å². The van der Waals surface area contributed by atoms with Crippen LogP contribution in [-0.2, 0) is 24.3 Å². The van der Waals surface area contributed by atoms with E-state index in [-0.39, 0.29) is 17.0 Å². The Morgan fingerprint density at radius 1 is 1.31 bits per heavy atom. The number of carbonyl (C=O) groups is 1. The molecule has 0 unspecified atom stereocenters. The van der Waals surface area contributed by atoms with Gasteiger partial charge in [0.1, 0.15) is 0 Å². The number of sulfonamides is 1. The van der Waals surface area contributed by atoms with Crippen LogP contribution in [0.4, 0.5) is 0 Å². The Morgan fingerprint density at radius 2 is 2.00 bits per heavy atom. The van der Waals surface area contributed by atoms with Gasteiger partial charge in [-0.05, 0) is 30.9 Å². The second-order valence-corrected chi connectivity index (χ2v) is 8.63. The second-order valence-electron chi connectivity index (χ2n) is 6.91. The van der Waals surface area contributed by atoms with Crippen molar-refractivity contribution in [1.29, 1.82) is 0 Å². The predicted molar refractivity (Wildman–Crippen MR) is 97.9 cm³/mol. The van der Waals surface area contributed by atoms with Gasteiger partial charge in [0.2, 0.25) is 16.3 Å². The van der Waals surface area contributed by atoms with Crippen LogP contribution in [0.15, 0.2) is 35.2 Å². The molecule has 1 aliphatic rings. The van der Waals surface area contributed by atoms with Crippen LogP contribution >= 0.6 is 0 Å². The van der Waals surface area contributed by atoms with E-state index in [9.17, 15) is 13.2 Å². The first-order valence-electron chi connectivity index (χ1n) is 8.87. The normalized spacial score (nSPS) is 21.7. The number of rotatable bonds is 9. The summed E-state index contributed by atoms with van der Waals surface area (Å²) in [4.78, 5) is 11.4. The van der Waals surface area contributed by atoms with Gasteiger partial charge in [-0.3, -0.25) is 4.79 Å². The summed E-state index contributed by atoms with van der Waals surface area (Å²) >= 11 is 0. The molecule has 2 N–H and O–H groups in total. The molecule has 1 saturated heterocycles. The molecule has 7 nitrogen and oxygen atoms in total. The van der Waals surface area contributed by atoms with Gasteiger partial charge in [0.15, 0.2) is 0 Å². The van der Waals surface area contributed by atoms with Crippen LogP contribution in [0.25, 0.3) is 0 Å². The fourth-order valence-corrected chi connectivity index (χ4v) is 4.23. The van der Waals surface area contributed by atoms with E-state index in [4.69, 9.17) is 9.47 Å². The maximum Gasteiger partial charge on any atom is 0.304 e. The molecule has 0 spiro atoms. The van der Waals surface area contributed by atoms with Gasteiger partial charge in [-0.2, -0.15) is 0 Å². The Kier molecular flexibility index (Phi) is 7.57. The Balaban J connectivity index is 2.00. The molecular formula is C18H28N2O5S. The minimum absolute atomic E-state index is 0.144. The van der Waals surface area contributed by atoms with E-state index >= 15 is 0 Å². The predicted octanol–water partition coefficient (Wildman–Crippen LogP) is 1.65. The molecule has 0 saturated carbocycles. The van der Waals surface area contributed by atoms with E-state index in [1.807, 2.05) is 13.8 Å². The summed E-state index contributed by atoms with van der Waals surface area (Å²) in [5.74, 6) is -0.0726. The smallest absolute Gasteiger partial charge is 0.304 e. The van der Waals surface area contributed by atoms with Crippen LogP contribution in [0, 0.1) is 5.92 Å². The lowest BCUT2D eigenvalue weighted by atomic mass is 10.0. The summed E-state index contributed by atoms with van der Waals surface area (Å²) in [5, 5.41) is 3.29. The van der Waals surface area contributed by atoms with Gasteiger partial charge in [0.25, 0.3) is 0 Å². The quantitative estimate of drug-likeness (QED) is 0.629. The van der Waals surface area contributed by atoms with Gasteiger partial charge in [0, 0.05) is 19.5 Å². The highest BCUT2D eigenvalue weighted by Crippen LogP contribution is 2.16. The second kappa shape index (κ2) is 9.45. The van der Waals surface area contributed by atoms with Gasteiger partial charge in [-0.25, -0.2) is 13.1 Å². The van der Waals surface area contributed by atoms with Crippen molar-refractivity contribution in [3.8, 4) is 0 Å². The highest BCUT2D eigenvalue weighted by Gasteiger charge is 2.31. The van der Waals surface area contributed by atoms with E-state index in [1.54, 1.807) is 30.3 Å². The van der Waals surface area contributed by atoms with Gasteiger partial charge >= 0.3 is 5.97 Å². The molecule has 1 aromatic rings. The van der Waals surface area contributed by atoms with E-state index in [0.29, 0.717) is 31.9 Å². The standard InChI is InChI=1S/C18H28N2O5S/c1-13(2)11-15(20-26(22,23)16-7-5-4-6-8-16)12-19-17-9-10-24-18(17)25-14(3)21/h4-8,13,15,17-20H,9-12H2,1-3H3/t15-,17+,18+/m1/s1. The van der Waals surface area contributed by atoms with E-state index in [1.165, 1.54) is 6.92 Å². The lowest BCUT2D eigenvalue weighted by Gasteiger charge is -2.25. The maximum atomic E-state index is 12.6. The summed E-state index contributed by atoms with van der Waals surface area (Å²) < 4.78 is 38.5. The Labute approximate surface area is 155 Å². The fourth-order valence-electron chi connectivity index (χ4n) is 2.96. The molecule has 1 aromatic carbocycles. The van der Waals surface area contributed by atoms with Crippen molar-refractivity contribution in [2.75, 3.05) is 13.2 Å². The third-order valence-electron chi connectivity index (χ3n) is 4.08. The Bertz CT molecular complexity index is 678. The number of hydrogen-bond donors (Lipinski definition) is 2. The van der Waals surface area contributed by atoms with Gasteiger partial charge < -0.3 is 14.8 Å². The number of ether oxygens (including phenoxy) is 2. The zero-order valence-corrected chi connectivity index (χ0v) is 16.3. The van der Waals surface area contributed by atoms with E-state index < -0.39 is 22.3 Å². The lowest BCUT2D eigenvalue weighted by molar-refractivity contribution is -0.170. The highest BCUT2D eigenvalue weighted by molar-refractivity contribution is 7.89. The lowest BCUT2D eigenvalue weighted by Crippen LogP contribution is -2.48. The third kappa shape index (κ3) is 6.35. The molecule has 1 aliphatic heterocycles. The molecule has 0 aromatic heterocycles. The van der Waals surface area contributed by atoms with Crippen molar-refractivity contribution in [1.82, 2.24) is 10.0 Å². The molecule has 0 aliphatic carbocycles. The molecule has 0 radical (unpaired) electrons.